The molecule has 0 unspecified atom stereocenters. The second-order valence-corrected chi connectivity index (χ2v) is 8.07. The van der Waals surface area contributed by atoms with Crippen LogP contribution in [0.2, 0.25) is 0 Å². The van der Waals surface area contributed by atoms with E-state index in [9.17, 15) is 4.79 Å². The molecule has 0 saturated carbocycles. The van der Waals surface area contributed by atoms with E-state index in [-0.39, 0.29) is 0 Å². The number of rotatable bonds is 12. The largest absolute Gasteiger partial charge is 0.300 e. The van der Waals surface area contributed by atoms with Gasteiger partial charge in [-0.3, -0.25) is 4.79 Å². The van der Waals surface area contributed by atoms with Gasteiger partial charge in [-0.05, 0) is 49.4 Å². The lowest BCUT2D eigenvalue weighted by atomic mass is 9.81. The van der Waals surface area contributed by atoms with Gasteiger partial charge >= 0.3 is 0 Å². The van der Waals surface area contributed by atoms with E-state index in [0.29, 0.717) is 16.6 Å². The van der Waals surface area contributed by atoms with Crippen molar-refractivity contribution >= 4 is 5.78 Å². The van der Waals surface area contributed by atoms with Crippen LogP contribution in [0.25, 0.3) is 0 Å². The van der Waals surface area contributed by atoms with Gasteiger partial charge in [0.2, 0.25) is 0 Å². The predicted molar refractivity (Wildman–Crippen MR) is 90.1 cm³/mol. The third-order valence-corrected chi connectivity index (χ3v) is 4.47. The zero-order valence-corrected chi connectivity index (χ0v) is 15.0. The van der Waals surface area contributed by atoms with Crippen LogP contribution in [0.3, 0.4) is 0 Å². The molecule has 0 aliphatic rings. The fraction of sp³-hybridized carbons (Fsp3) is 0.947. The third-order valence-electron chi connectivity index (χ3n) is 4.47. The summed E-state index contributed by atoms with van der Waals surface area (Å²) in [7, 11) is 0. The van der Waals surface area contributed by atoms with Crippen LogP contribution in [0.5, 0.6) is 0 Å². The SMILES string of the molecule is CCCC(C)(C)CCCC(=O)CCCC(C)(C)CCC. The van der Waals surface area contributed by atoms with Crippen molar-refractivity contribution in [2.24, 2.45) is 10.8 Å². The number of carbonyl (C=O) groups is 1. The zero-order chi connectivity index (χ0) is 15.6. The highest BCUT2D eigenvalue weighted by Gasteiger charge is 2.18. The Morgan fingerprint density at radius 3 is 1.35 bits per heavy atom. The van der Waals surface area contributed by atoms with Crippen LogP contribution in [-0.2, 0) is 4.79 Å². The van der Waals surface area contributed by atoms with E-state index < -0.39 is 0 Å². The minimum absolute atomic E-state index is 0.415. The average molecular weight is 283 g/mol. The van der Waals surface area contributed by atoms with E-state index in [1.54, 1.807) is 0 Å². The van der Waals surface area contributed by atoms with Gasteiger partial charge in [-0.25, -0.2) is 0 Å². The average Bonchev–Trinajstić information content (AvgIpc) is 2.27. The van der Waals surface area contributed by atoms with Gasteiger partial charge in [0.15, 0.2) is 0 Å². The van der Waals surface area contributed by atoms with E-state index in [2.05, 4.69) is 41.5 Å². The van der Waals surface area contributed by atoms with Gasteiger partial charge in [0, 0.05) is 12.8 Å². The lowest BCUT2D eigenvalue weighted by Gasteiger charge is -2.24. The first kappa shape index (κ1) is 19.7. The molecule has 0 amide bonds. The Bertz CT molecular complexity index is 237. The standard InChI is InChI=1S/C19H38O/c1-7-13-18(3,4)15-9-11-17(20)12-10-16-19(5,6)14-8-2/h7-16H2,1-6H3. The second-order valence-electron chi connectivity index (χ2n) is 8.07. The third kappa shape index (κ3) is 10.5. The molecule has 0 aromatic carbocycles. The van der Waals surface area contributed by atoms with Crippen LogP contribution in [0.15, 0.2) is 0 Å². The monoisotopic (exact) mass is 282 g/mol. The first-order chi connectivity index (χ1) is 9.22. The molecule has 0 atom stereocenters. The van der Waals surface area contributed by atoms with Gasteiger partial charge in [0.05, 0.1) is 0 Å². The summed E-state index contributed by atoms with van der Waals surface area (Å²) in [5, 5.41) is 0. The fourth-order valence-electron chi connectivity index (χ4n) is 3.26. The van der Waals surface area contributed by atoms with E-state index in [1.165, 1.54) is 38.5 Å². The predicted octanol–water partition coefficient (Wildman–Crippen LogP) is 6.55. The topological polar surface area (TPSA) is 17.1 Å². The Hall–Kier alpha value is -0.330. The Kier molecular flexibility index (Phi) is 9.42. The van der Waals surface area contributed by atoms with Gasteiger partial charge in [0.25, 0.3) is 0 Å². The summed E-state index contributed by atoms with van der Waals surface area (Å²) in [5.41, 5.74) is 0.830. The molecule has 1 nitrogen and oxygen atoms in total. The van der Waals surface area contributed by atoms with Crippen molar-refractivity contribution in [2.45, 2.75) is 106 Å². The number of Topliss-reactive ketones (excluding diaryl/α,β-unsaturated/α-hetero) is 1. The van der Waals surface area contributed by atoms with Crippen molar-refractivity contribution in [3.8, 4) is 0 Å². The van der Waals surface area contributed by atoms with Crippen LogP contribution < -0.4 is 0 Å². The first-order valence-corrected chi connectivity index (χ1v) is 8.74. The van der Waals surface area contributed by atoms with Crippen LogP contribution >= 0.6 is 0 Å². The van der Waals surface area contributed by atoms with Crippen molar-refractivity contribution in [1.82, 2.24) is 0 Å². The summed E-state index contributed by atoms with van der Waals surface area (Å²) in [6, 6.07) is 0. The number of hydrogen-bond acceptors (Lipinski definition) is 1. The first-order valence-electron chi connectivity index (χ1n) is 8.74. The van der Waals surface area contributed by atoms with E-state index in [1.807, 2.05) is 0 Å². The van der Waals surface area contributed by atoms with Crippen molar-refractivity contribution in [1.29, 1.82) is 0 Å². The van der Waals surface area contributed by atoms with E-state index in [4.69, 9.17) is 0 Å². The lowest BCUT2D eigenvalue weighted by molar-refractivity contribution is -0.119. The Morgan fingerprint density at radius 2 is 1.05 bits per heavy atom. The highest BCUT2D eigenvalue weighted by molar-refractivity contribution is 5.78. The fourth-order valence-corrected chi connectivity index (χ4v) is 3.26. The second kappa shape index (κ2) is 9.58. The lowest BCUT2D eigenvalue weighted by Crippen LogP contribution is -2.13. The van der Waals surface area contributed by atoms with Gasteiger partial charge in [-0.15, -0.1) is 0 Å². The summed E-state index contributed by atoms with van der Waals surface area (Å²) < 4.78 is 0. The maximum Gasteiger partial charge on any atom is 0.132 e. The van der Waals surface area contributed by atoms with Gasteiger partial charge in [-0.2, -0.15) is 0 Å². The van der Waals surface area contributed by atoms with Crippen molar-refractivity contribution < 1.29 is 4.79 Å². The van der Waals surface area contributed by atoms with Crippen LogP contribution in [-0.4, -0.2) is 5.78 Å². The zero-order valence-electron chi connectivity index (χ0n) is 15.0. The Balaban J connectivity index is 3.75. The molecule has 20 heavy (non-hydrogen) atoms. The number of carbonyl (C=O) groups excluding carboxylic acids is 1. The molecule has 0 fully saturated rings. The van der Waals surface area contributed by atoms with Crippen molar-refractivity contribution in [3.63, 3.8) is 0 Å². The molecule has 1 heteroatoms. The summed E-state index contributed by atoms with van der Waals surface area (Å²) in [5.74, 6) is 0.476. The molecule has 0 radical (unpaired) electrons. The summed E-state index contributed by atoms with van der Waals surface area (Å²) >= 11 is 0. The molecule has 0 N–H and O–H groups in total. The van der Waals surface area contributed by atoms with Crippen LogP contribution in [0.1, 0.15) is 106 Å². The van der Waals surface area contributed by atoms with Crippen molar-refractivity contribution in [3.05, 3.63) is 0 Å². The van der Waals surface area contributed by atoms with Crippen LogP contribution in [0, 0.1) is 10.8 Å². The Labute approximate surface area is 127 Å². The molecule has 0 aliphatic heterocycles. The highest BCUT2D eigenvalue weighted by Crippen LogP contribution is 2.30. The quantitative estimate of drug-likeness (QED) is 0.396. The minimum atomic E-state index is 0.415. The number of ketones is 1. The maximum atomic E-state index is 11.9. The summed E-state index contributed by atoms with van der Waals surface area (Å²) in [6.45, 7) is 13.8. The molecule has 0 rings (SSSR count). The molecular formula is C19H38O. The molecule has 0 bridgehead atoms. The molecule has 120 valence electrons. The molecular weight excluding hydrogens is 244 g/mol. The number of hydrogen-bond donors (Lipinski definition) is 0. The minimum Gasteiger partial charge on any atom is -0.300 e. The van der Waals surface area contributed by atoms with Gasteiger partial charge < -0.3 is 0 Å². The van der Waals surface area contributed by atoms with Crippen molar-refractivity contribution in [2.75, 3.05) is 0 Å². The highest BCUT2D eigenvalue weighted by atomic mass is 16.1. The summed E-state index contributed by atoms with van der Waals surface area (Å²) in [4.78, 5) is 11.9. The molecule has 0 saturated heterocycles. The smallest absolute Gasteiger partial charge is 0.132 e. The molecule has 0 aromatic heterocycles. The molecule has 0 spiro atoms. The van der Waals surface area contributed by atoms with Crippen LogP contribution in [0.4, 0.5) is 0 Å². The molecule has 0 aliphatic carbocycles. The normalized spacial score (nSPS) is 12.7. The summed E-state index contributed by atoms with van der Waals surface area (Å²) in [6.07, 6.45) is 11.1. The van der Waals surface area contributed by atoms with E-state index >= 15 is 0 Å². The van der Waals surface area contributed by atoms with Gasteiger partial charge in [-0.1, -0.05) is 54.4 Å². The van der Waals surface area contributed by atoms with Gasteiger partial charge in [0.1, 0.15) is 5.78 Å². The van der Waals surface area contributed by atoms with E-state index in [0.717, 1.165) is 25.7 Å². The maximum absolute atomic E-state index is 11.9. The molecule has 0 aromatic rings. The molecule has 0 heterocycles. The Morgan fingerprint density at radius 1 is 0.700 bits per heavy atom.